The molecule has 0 unspecified atom stereocenters. The molecule has 8 nitrogen and oxygen atoms in total. The summed E-state index contributed by atoms with van der Waals surface area (Å²) in [6.07, 6.45) is 8.23. The Bertz CT molecular complexity index is 2440. The van der Waals surface area contributed by atoms with Gasteiger partial charge in [0.15, 0.2) is 0 Å². The molecule has 0 amide bonds. The van der Waals surface area contributed by atoms with Gasteiger partial charge in [-0.1, -0.05) is 72.8 Å². The van der Waals surface area contributed by atoms with E-state index in [-0.39, 0.29) is 17.1 Å². The Balaban J connectivity index is 0.00000455. The van der Waals surface area contributed by atoms with E-state index in [1.54, 1.807) is 28.4 Å². The topological polar surface area (TPSA) is 90.9 Å². The first-order chi connectivity index (χ1) is 27.5. The molecule has 2 aliphatic rings. The fourth-order valence-electron chi connectivity index (χ4n) is 7.30. The maximum absolute atomic E-state index is 5.52. The number of methoxy groups -OCH3 is 4. The molecular formula is C48H36FeN4O4. The Kier molecular flexibility index (Phi) is 10.3. The van der Waals surface area contributed by atoms with Gasteiger partial charge in [-0.3, -0.25) is 0 Å². The van der Waals surface area contributed by atoms with Crippen molar-refractivity contribution in [1.82, 2.24) is 19.9 Å². The second-order valence-corrected chi connectivity index (χ2v) is 13.3. The van der Waals surface area contributed by atoms with Gasteiger partial charge in [0.2, 0.25) is 0 Å². The van der Waals surface area contributed by atoms with E-state index in [4.69, 9.17) is 38.9 Å². The quantitative estimate of drug-likeness (QED) is 0.141. The number of ether oxygens (including phenoxy) is 4. The molecule has 3 aromatic heterocycles. The Morgan fingerprint density at radius 2 is 0.526 bits per heavy atom. The minimum atomic E-state index is 0. The van der Waals surface area contributed by atoms with Crippen LogP contribution in [0.1, 0.15) is 22.8 Å². The van der Waals surface area contributed by atoms with Crippen LogP contribution in [0.2, 0.25) is 0 Å². The smallest absolute Gasteiger partial charge is 0.657 e. The van der Waals surface area contributed by atoms with E-state index < -0.39 is 0 Å². The van der Waals surface area contributed by atoms with Crippen LogP contribution in [0.15, 0.2) is 121 Å². The van der Waals surface area contributed by atoms with Gasteiger partial charge in [0.1, 0.15) is 23.0 Å². The molecule has 0 saturated carbocycles. The second-order valence-electron chi connectivity index (χ2n) is 13.3. The number of aromatic nitrogens is 4. The Morgan fingerprint density at radius 3 is 0.719 bits per heavy atom. The zero-order valence-electron chi connectivity index (χ0n) is 31.6. The zero-order valence-corrected chi connectivity index (χ0v) is 32.7. The average molecular weight is 789 g/mol. The molecule has 280 valence electrons. The molecule has 5 heterocycles. The number of rotatable bonds is 8. The minimum absolute atomic E-state index is 0. The van der Waals surface area contributed by atoms with Crippen molar-refractivity contribution in [2.45, 2.75) is 0 Å². The normalized spacial score (nSPS) is 11.6. The van der Waals surface area contributed by atoms with E-state index in [0.29, 0.717) is 0 Å². The molecule has 57 heavy (non-hydrogen) atoms. The van der Waals surface area contributed by atoms with Crippen LogP contribution in [0.5, 0.6) is 23.0 Å². The molecule has 0 spiro atoms. The molecule has 0 saturated heterocycles. The van der Waals surface area contributed by atoms with E-state index in [0.717, 1.165) is 112 Å². The Hall–Kier alpha value is -6.80. The van der Waals surface area contributed by atoms with E-state index in [9.17, 15) is 0 Å². The van der Waals surface area contributed by atoms with E-state index in [1.807, 2.05) is 97.1 Å². The molecular weight excluding hydrogens is 752 g/mol. The van der Waals surface area contributed by atoms with Crippen molar-refractivity contribution in [2.75, 3.05) is 28.4 Å². The second kappa shape index (κ2) is 15.7. The summed E-state index contributed by atoms with van der Waals surface area (Å²) in [6.45, 7) is 0. The molecule has 0 radical (unpaired) electrons. The van der Waals surface area contributed by atoms with E-state index in [2.05, 4.69) is 48.6 Å². The molecule has 9 heteroatoms. The van der Waals surface area contributed by atoms with Crippen LogP contribution in [-0.4, -0.2) is 38.4 Å². The predicted octanol–water partition coefficient (Wildman–Crippen LogP) is 10.6. The first kappa shape index (κ1) is 37.1. The maximum atomic E-state index is 5.52. The van der Waals surface area contributed by atoms with Gasteiger partial charge in [-0.05, 0) is 117 Å². The van der Waals surface area contributed by atoms with Crippen LogP contribution in [0.25, 0.3) is 90.9 Å². The van der Waals surface area contributed by atoms with Gasteiger partial charge < -0.3 is 28.9 Å². The van der Waals surface area contributed by atoms with Crippen LogP contribution in [0.4, 0.5) is 0 Å². The number of hydrogen-bond acceptors (Lipinski definition) is 6. The summed E-state index contributed by atoms with van der Waals surface area (Å²) in [7, 11) is 6.67. The van der Waals surface area contributed by atoms with Crippen molar-refractivity contribution in [3.8, 4) is 67.5 Å². The zero-order chi connectivity index (χ0) is 38.2. The summed E-state index contributed by atoms with van der Waals surface area (Å²) in [5.74, 6) is 3.06. The van der Waals surface area contributed by atoms with Gasteiger partial charge >= 0.3 is 17.1 Å². The van der Waals surface area contributed by atoms with Crippen molar-refractivity contribution in [1.29, 1.82) is 0 Å². The van der Waals surface area contributed by atoms with Gasteiger partial charge in [0.05, 0.1) is 51.2 Å². The third kappa shape index (κ3) is 6.99. The molecule has 0 atom stereocenters. The summed E-state index contributed by atoms with van der Waals surface area (Å²) in [4.78, 5) is 21.4. The van der Waals surface area contributed by atoms with Gasteiger partial charge in [-0.2, -0.15) is 0 Å². The molecule has 9 rings (SSSR count). The average Bonchev–Trinajstić information content (AvgIpc) is 4.10. The van der Waals surface area contributed by atoms with Crippen molar-refractivity contribution in [3.05, 3.63) is 144 Å². The van der Waals surface area contributed by atoms with Crippen molar-refractivity contribution >= 4 is 46.4 Å². The van der Waals surface area contributed by atoms with Crippen molar-refractivity contribution < 1.29 is 36.0 Å². The third-order valence-electron chi connectivity index (χ3n) is 10.1. The Labute approximate surface area is 341 Å². The number of hydrogen-bond donors (Lipinski definition) is 0. The fraction of sp³-hybridized carbons (Fsp3) is 0.0833. The van der Waals surface area contributed by atoms with Crippen molar-refractivity contribution in [3.63, 3.8) is 0 Å². The SMILES string of the molecule is COc1ccc(-c2c3nc(c(-c4ccc(OC)cc4)c4ccc([n-]4)c(-c4ccc(OC)cc4)c4nc(c(-c5ccc(OC)cc5)c5ccc2[n-]5)C=C4)C=C3)cc1.[Fe+2]. The molecule has 0 fully saturated rings. The van der Waals surface area contributed by atoms with Gasteiger partial charge in [0, 0.05) is 0 Å². The standard InChI is InChI=1S/C48H36N4O4.Fe/c1-53-33-13-5-29(6-14-33)45-37-21-23-39(49-37)46(30-7-15-34(54-2)16-8-30)41-25-27-43(51-41)48(32-11-19-36(56-4)20-12-32)44-28-26-42(52-44)47(40-24-22-38(45)50-40)31-9-17-35(55-3)18-10-31;/h5-28H,1-4H3;/q-2;+2. The van der Waals surface area contributed by atoms with Crippen LogP contribution in [0, 0.1) is 0 Å². The van der Waals surface area contributed by atoms with Gasteiger partial charge in [-0.15, -0.1) is 22.1 Å². The maximum Gasteiger partial charge on any atom is 2.00 e. The largest absolute Gasteiger partial charge is 2.00 e. The number of fused-ring (bicyclic) bond motifs is 8. The van der Waals surface area contributed by atoms with Crippen LogP contribution in [0.3, 0.4) is 0 Å². The first-order valence-corrected chi connectivity index (χ1v) is 18.2. The Morgan fingerprint density at radius 1 is 0.316 bits per heavy atom. The summed E-state index contributed by atoms with van der Waals surface area (Å²) in [5, 5.41) is 0. The summed E-state index contributed by atoms with van der Waals surface area (Å²) in [6, 6.07) is 40.3. The van der Waals surface area contributed by atoms with Crippen LogP contribution >= 0.6 is 0 Å². The first-order valence-electron chi connectivity index (χ1n) is 18.2. The molecule has 2 aliphatic heterocycles. The molecule has 4 aromatic carbocycles. The molecule has 8 bridgehead atoms. The monoisotopic (exact) mass is 788 g/mol. The summed E-state index contributed by atoms with van der Waals surface area (Å²) in [5.41, 5.74) is 13.7. The van der Waals surface area contributed by atoms with E-state index >= 15 is 0 Å². The third-order valence-corrected chi connectivity index (χ3v) is 10.1. The predicted molar refractivity (Wildman–Crippen MR) is 225 cm³/mol. The number of benzene rings is 4. The molecule has 7 aromatic rings. The number of nitrogens with zero attached hydrogens (tertiary/aromatic N) is 4. The summed E-state index contributed by atoms with van der Waals surface area (Å²) < 4.78 is 22.1. The summed E-state index contributed by atoms with van der Waals surface area (Å²) >= 11 is 0. The van der Waals surface area contributed by atoms with Crippen molar-refractivity contribution in [2.24, 2.45) is 0 Å². The minimum Gasteiger partial charge on any atom is -0.657 e. The molecule has 0 aliphatic carbocycles. The van der Waals surface area contributed by atoms with Crippen LogP contribution < -0.4 is 28.9 Å². The van der Waals surface area contributed by atoms with Gasteiger partial charge in [0.25, 0.3) is 0 Å². The van der Waals surface area contributed by atoms with Gasteiger partial charge in [-0.25, -0.2) is 9.97 Å². The molecule has 0 N–H and O–H groups in total. The van der Waals surface area contributed by atoms with Crippen LogP contribution in [-0.2, 0) is 17.1 Å². The van der Waals surface area contributed by atoms with E-state index in [1.165, 1.54) is 0 Å². The fourth-order valence-corrected chi connectivity index (χ4v) is 7.30.